The highest BCUT2D eigenvalue weighted by atomic mass is 28.4. The molecule has 1 N–H and O–H groups in total. The van der Waals surface area contributed by atoms with E-state index in [1.807, 2.05) is 32.9 Å². The summed E-state index contributed by atoms with van der Waals surface area (Å²) in [4.78, 5) is 23.2. The van der Waals surface area contributed by atoms with Crippen LogP contribution in [0, 0.1) is 0 Å². The lowest BCUT2D eigenvalue weighted by atomic mass is 10.2. The van der Waals surface area contributed by atoms with Crippen LogP contribution >= 0.6 is 0 Å². The largest absolute Gasteiger partial charge is 0.500 e. The van der Waals surface area contributed by atoms with Crippen LogP contribution in [0.25, 0.3) is 6.08 Å². The van der Waals surface area contributed by atoms with E-state index in [0.717, 1.165) is 31.2 Å². The average molecular weight is 556 g/mol. The van der Waals surface area contributed by atoms with Crippen molar-refractivity contribution < 1.29 is 41.8 Å². The van der Waals surface area contributed by atoms with Crippen LogP contribution in [0.5, 0.6) is 11.5 Å². The van der Waals surface area contributed by atoms with Crippen LogP contribution < -0.4 is 14.8 Å². The van der Waals surface area contributed by atoms with Crippen LogP contribution in [0.3, 0.4) is 0 Å². The van der Waals surface area contributed by atoms with Crippen molar-refractivity contribution in [3.63, 3.8) is 0 Å². The Labute approximate surface area is 228 Å². The van der Waals surface area contributed by atoms with Gasteiger partial charge in [0.2, 0.25) is 0 Å². The molecule has 11 heteroatoms. The normalized spacial score (nSPS) is 11.4. The van der Waals surface area contributed by atoms with Crippen molar-refractivity contribution in [2.24, 2.45) is 0 Å². The molecule has 216 valence electrons. The number of methoxy groups -OCH3 is 2. The summed E-state index contributed by atoms with van der Waals surface area (Å²) in [5.41, 5.74) is 0.806. The summed E-state index contributed by atoms with van der Waals surface area (Å²) in [5.74, 6) is 0.819. The Morgan fingerprint density at radius 3 is 2.13 bits per heavy atom. The van der Waals surface area contributed by atoms with Gasteiger partial charge in [-0.2, -0.15) is 0 Å². The molecule has 10 nitrogen and oxygen atoms in total. The zero-order chi connectivity index (χ0) is 28.1. The van der Waals surface area contributed by atoms with E-state index in [1.165, 1.54) is 13.2 Å². The molecular formula is C27H45NO9Si. The van der Waals surface area contributed by atoms with Gasteiger partial charge in [-0.05, 0) is 76.6 Å². The summed E-state index contributed by atoms with van der Waals surface area (Å²) in [6.45, 7) is 8.73. The fraction of sp³-hybridized carbons (Fsp3) is 0.630. The number of ether oxygens (including phenoxy) is 4. The first-order chi connectivity index (χ1) is 18.4. The quantitative estimate of drug-likeness (QED) is 0.0971. The summed E-state index contributed by atoms with van der Waals surface area (Å²) in [6.07, 6.45) is 6.77. The van der Waals surface area contributed by atoms with Crippen molar-refractivity contribution in [2.75, 3.05) is 53.8 Å². The molecule has 1 amide bonds. The lowest BCUT2D eigenvalue weighted by Gasteiger charge is -2.28. The maximum atomic E-state index is 11.9. The summed E-state index contributed by atoms with van der Waals surface area (Å²) in [7, 11) is 0.233. The molecule has 0 heterocycles. The van der Waals surface area contributed by atoms with Crippen LogP contribution in [0.1, 0.15) is 58.4 Å². The lowest BCUT2D eigenvalue weighted by Crippen LogP contribution is -2.46. The number of esters is 1. The van der Waals surface area contributed by atoms with Crippen molar-refractivity contribution in [3.8, 4) is 11.5 Å². The maximum Gasteiger partial charge on any atom is 0.500 e. The third-order valence-electron chi connectivity index (χ3n) is 5.35. The van der Waals surface area contributed by atoms with E-state index in [4.69, 9.17) is 27.5 Å². The van der Waals surface area contributed by atoms with Crippen molar-refractivity contribution in [2.45, 2.75) is 58.9 Å². The van der Waals surface area contributed by atoms with Gasteiger partial charge in [-0.15, -0.1) is 0 Å². The third-order valence-corrected chi connectivity index (χ3v) is 8.50. The van der Waals surface area contributed by atoms with Crippen molar-refractivity contribution in [1.82, 2.24) is 5.32 Å². The van der Waals surface area contributed by atoms with E-state index >= 15 is 0 Å². The van der Waals surface area contributed by atoms with Crippen LogP contribution in [0.2, 0.25) is 6.04 Å². The molecule has 0 aliphatic rings. The van der Waals surface area contributed by atoms with E-state index in [9.17, 15) is 9.59 Å². The van der Waals surface area contributed by atoms with Gasteiger partial charge in [0.05, 0.1) is 27.4 Å². The van der Waals surface area contributed by atoms with Crippen LogP contribution in [-0.2, 0) is 27.5 Å². The minimum Gasteiger partial charge on any atom is -0.493 e. The van der Waals surface area contributed by atoms with Crippen LogP contribution in [0.15, 0.2) is 24.3 Å². The van der Waals surface area contributed by atoms with Gasteiger partial charge in [0.25, 0.3) is 0 Å². The molecule has 0 unspecified atom stereocenters. The summed E-state index contributed by atoms with van der Waals surface area (Å²) >= 11 is 0. The van der Waals surface area contributed by atoms with Gasteiger partial charge < -0.3 is 37.5 Å². The monoisotopic (exact) mass is 555 g/mol. The molecule has 0 bridgehead atoms. The predicted octanol–water partition coefficient (Wildman–Crippen LogP) is 4.99. The fourth-order valence-corrected chi connectivity index (χ4v) is 6.21. The number of alkyl carbamates (subject to hydrolysis) is 1. The zero-order valence-corrected chi connectivity index (χ0v) is 24.5. The molecule has 0 spiro atoms. The Kier molecular flexibility index (Phi) is 17.9. The molecule has 0 aliphatic carbocycles. The van der Waals surface area contributed by atoms with Gasteiger partial charge in [0, 0.05) is 38.5 Å². The number of benzene rings is 1. The summed E-state index contributed by atoms with van der Waals surface area (Å²) in [6, 6.07) is 6.09. The highest BCUT2D eigenvalue weighted by Gasteiger charge is 2.39. The molecule has 0 saturated heterocycles. The molecule has 1 rings (SSSR count). The lowest BCUT2D eigenvalue weighted by molar-refractivity contribution is -0.134. The smallest absolute Gasteiger partial charge is 0.493 e. The van der Waals surface area contributed by atoms with Crippen LogP contribution in [0.4, 0.5) is 4.79 Å². The molecule has 38 heavy (non-hydrogen) atoms. The highest BCUT2D eigenvalue weighted by Crippen LogP contribution is 2.29. The second-order valence-electron chi connectivity index (χ2n) is 8.18. The number of rotatable bonds is 21. The molecule has 1 aromatic carbocycles. The van der Waals surface area contributed by atoms with Crippen molar-refractivity contribution in [3.05, 3.63) is 29.8 Å². The van der Waals surface area contributed by atoms with Crippen LogP contribution in [-0.4, -0.2) is 74.7 Å². The van der Waals surface area contributed by atoms with E-state index in [-0.39, 0.29) is 0 Å². The van der Waals surface area contributed by atoms with Gasteiger partial charge in [-0.3, -0.25) is 0 Å². The Morgan fingerprint density at radius 2 is 1.53 bits per heavy atom. The average Bonchev–Trinajstić information content (AvgIpc) is 2.91. The number of nitrogens with one attached hydrogen (secondary N) is 1. The van der Waals surface area contributed by atoms with Crippen molar-refractivity contribution in [1.29, 1.82) is 0 Å². The fourth-order valence-electron chi connectivity index (χ4n) is 3.59. The van der Waals surface area contributed by atoms with Gasteiger partial charge in [-0.25, -0.2) is 9.59 Å². The van der Waals surface area contributed by atoms with Gasteiger partial charge in [-0.1, -0.05) is 6.07 Å². The standard InChI is InChI=1S/C27H45NO9Si/c1-6-35-38(36-7-2,37-8-3)21-13-18-28-27(30)34-20-12-10-9-11-19-33-25-22-23(14-16-24(25)31-4)15-17-26(29)32-5/h14-17,22H,6-13,18-21H2,1-5H3,(H,28,30)/b17-15+. The Balaban J connectivity index is 2.22. The molecule has 0 fully saturated rings. The number of carbonyl (C=O) groups is 2. The molecule has 0 atom stereocenters. The summed E-state index contributed by atoms with van der Waals surface area (Å²) < 4.78 is 38.6. The molecule has 0 saturated carbocycles. The molecular weight excluding hydrogens is 510 g/mol. The SMILES string of the molecule is CCO[Si](CCCNC(=O)OCCCCCCOc1cc(/C=C/C(=O)OC)ccc1OC)(OCC)OCC. The van der Waals surface area contributed by atoms with E-state index in [2.05, 4.69) is 10.1 Å². The maximum absolute atomic E-state index is 11.9. The number of unbranched alkanes of at least 4 members (excludes halogenated alkanes) is 3. The number of hydrogen-bond donors (Lipinski definition) is 1. The van der Waals surface area contributed by atoms with E-state index < -0.39 is 20.9 Å². The van der Waals surface area contributed by atoms with Gasteiger partial charge in [0.15, 0.2) is 11.5 Å². The number of amides is 1. The number of hydrogen-bond acceptors (Lipinski definition) is 9. The first-order valence-electron chi connectivity index (χ1n) is 13.3. The minimum absolute atomic E-state index is 0.366. The van der Waals surface area contributed by atoms with Gasteiger partial charge >= 0.3 is 20.9 Å². The first-order valence-corrected chi connectivity index (χ1v) is 15.3. The van der Waals surface area contributed by atoms with E-state index in [0.29, 0.717) is 63.5 Å². The van der Waals surface area contributed by atoms with E-state index in [1.54, 1.807) is 19.3 Å². The topological polar surface area (TPSA) is 111 Å². The Morgan fingerprint density at radius 1 is 0.868 bits per heavy atom. The third kappa shape index (κ3) is 13.8. The second-order valence-corrected chi connectivity index (χ2v) is 10.9. The minimum atomic E-state index is -2.68. The molecule has 0 aromatic heterocycles. The predicted molar refractivity (Wildman–Crippen MR) is 147 cm³/mol. The second kappa shape index (κ2) is 20.4. The van der Waals surface area contributed by atoms with Crippen molar-refractivity contribution >= 4 is 26.9 Å². The Bertz CT molecular complexity index is 818. The molecule has 0 aliphatic heterocycles. The van der Waals surface area contributed by atoms with Gasteiger partial charge in [0.1, 0.15) is 0 Å². The number of carbonyl (C=O) groups excluding carboxylic acids is 2. The first kappa shape index (κ1) is 33.4. The Hall–Kier alpha value is -2.60. The summed E-state index contributed by atoms with van der Waals surface area (Å²) in [5, 5.41) is 2.78. The zero-order valence-electron chi connectivity index (χ0n) is 23.5. The highest BCUT2D eigenvalue weighted by molar-refractivity contribution is 6.60. The molecule has 1 aromatic rings. The molecule has 0 radical (unpaired) electrons.